The lowest BCUT2D eigenvalue weighted by Crippen LogP contribution is -2.27. The summed E-state index contributed by atoms with van der Waals surface area (Å²) >= 11 is 0. The average molecular weight is 918 g/mol. The largest absolute Gasteiger partial charge is 0.472 e. The molecule has 0 aliphatic carbocycles. The van der Waals surface area contributed by atoms with Crippen molar-refractivity contribution < 1.29 is 37.9 Å². The third-order valence-corrected chi connectivity index (χ3v) is 11.9. The van der Waals surface area contributed by atoms with E-state index in [1.807, 2.05) is 0 Å². The number of aliphatic hydroxyl groups is 1. The third-order valence-electron chi connectivity index (χ3n) is 10.9. The van der Waals surface area contributed by atoms with Crippen LogP contribution in [0, 0.1) is 0 Å². The molecule has 0 heterocycles. The van der Waals surface area contributed by atoms with E-state index in [2.05, 4.69) is 92.1 Å². The molecule has 0 fully saturated rings. The van der Waals surface area contributed by atoms with Gasteiger partial charge in [-0.1, -0.05) is 222 Å². The van der Waals surface area contributed by atoms with Crippen molar-refractivity contribution in [3.8, 4) is 0 Å². The Morgan fingerprint density at radius 1 is 0.500 bits per heavy atom. The minimum absolute atomic E-state index is 0.0646. The highest BCUT2D eigenvalue weighted by atomic mass is 31.2. The molecule has 0 aliphatic rings. The zero-order chi connectivity index (χ0) is 46.7. The smallest absolute Gasteiger partial charge is 0.463 e. The van der Waals surface area contributed by atoms with Gasteiger partial charge in [-0.15, -0.1) is 0 Å². The van der Waals surface area contributed by atoms with Crippen LogP contribution in [-0.4, -0.2) is 54.3 Å². The minimum atomic E-state index is -4.43. The third kappa shape index (κ3) is 50.4. The van der Waals surface area contributed by atoms with Gasteiger partial charge in [0.05, 0.1) is 13.2 Å². The molecule has 0 bridgehead atoms. The monoisotopic (exact) mass is 918 g/mol. The Balaban J connectivity index is 3.61. The number of hydrogen-bond donors (Lipinski definition) is 3. The molecule has 0 aliphatic heterocycles. The van der Waals surface area contributed by atoms with Crippen molar-refractivity contribution >= 4 is 19.7 Å². The van der Waals surface area contributed by atoms with Crippen LogP contribution in [0.25, 0.3) is 0 Å². The summed E-state index contributed by atoms with van der Waals surface area (Å²) in [6.45, 7) is 3.43. The lowest BCUT2D eigenvalue weighted by Gasteiger charge is -2.15. The molecule has 370 valence electrons. The van der Waals surface area contributed by atoms with Crippen LogP contribution >= 0.6 is 7.82 Å². The van der Waals surface area contributed by atoms with Crippen LogP contribution in [0.1, 0.15) is 226 Å². The predicted octanol–water partition coefficient (Wildman–Crippen LogP) is 15.4. The van der Waals surface area contributed by atoms with Gasteiger partial charge in [-0.25, -0.2) is 4.57 Å². The van der Waals surface area contributed by atoms with Crippen molar-refractivity contribution in [1.82, 2.24) is 5.32 Å². The van der Waals surface area contributed by atoms with E-state index in [0.717, 1.165) is 89.9 Å². The van der Waals surface area contributed by atoms with E-state index in [1.165, 1.54) is 109 Å². The van der Waals surface area contributed by atoms with Crippen LogP contribution < -0.4 is 5.32 Å². The van der Waals surface area contributed by atoms with E-state index in [0.29, 0.717) is 6.42 Å². The summed E-state index contributed by atoms with van der Waals surface area (Å²) in [5.41, 5.74) is 0. The quantitative estimate of drug-likeness (QED) is 0.0238. The normalized spacial score (nSPS) is 13.8. The number of phosphoric acid groups is 1. The van der Waals surface area contributed by atoms with Crippen molar-refractivity contribution in [2.45, 2.75) is 232 Å². The summed E-state index contributed by atoms with van der Waals surface area (Å²) in [5.74, 6) is -0.538. The molecule has 0 saturated carbocycles. The molecular weight excluding hydrogens is 822 g/mol. The van der Waals surface area contributed by atoms with E-state index in [4.69, 9.17) is 13.8 Å². The Bertz CT molecular complexity index is 1280. The average Bonchev–Trinajstić information content (AvgIpc) is 3.28. The Morgan fingerprint density at radius 3 is 1.34 bits per heavy atom. The number of unbranched alkanes of at least 4 members (excludes halogenated alkanes) is 23. The van der Waals surface area contributed by atoms with E-state index >= 15 is 0 Å². The maximum absolute atomic E-state index is 12.2. The number of esters is 1. The van der Waals surface area contributed by atoms with E-state index < -0.39 is 26.5 Å². The second-order valence-electron chi connectivity index (χ2n) is 17.1. The minimum Gasteiger partial charge on any atom is -0.463 e. The number of aliphatic hydroxyl groups excluding tert-OH is 1. The van der Waals surface area contributed by atoms with Gasteiger partial charge in [0, 0.05) is 19.4 Å². The number of carbonyl (C=O) groups excluding carboxylic acids is 2. The van der Waals surface area contributed by atoms with E-state index in [9.17, 15) is 24.2 Å². The van der Waals surface area contributed by atoms with Crippen LogP contribution in [0.5, 0.6) is 0 Å². The first-order chi connectivity index (χ1) is 31.3. The zero-order valence-corrected chi connectivity index (χ0v) is 41.9. The molecule has 0 aromatic rings. The second-order valence-corrected chi connectivity index (χ2v) is 18.6. The Morgan fingerprint density at radius 2 is 0.891 bits per heavy atom. The maximum Gasteiger partial charge on any atom is 0.472 e. The Labute approximate surface area is 392 Å². The molecule has 10 heteroatoms. The first-order valence-corrected chi connectivity index (χ1v) is 27.4. The number of nitrogens with one attached hydrogen (secondary N) is 1. The van der Waals surface area contributed by atoms with E-state index in [1.54, 1.807) is 0 Å². The fraction of sp³-hybridized carbons (Fsp3) is 0.741. The molecule has 2 atom stereocenters. The molecule has 9 nitrogen and oxygen atoms in total. The molecule has 2 unspecified atom stereocenters. The summed E-state index contributed by atoms with van der Waals surface area (Å²) in [6.07, 6.45) is 62.7. The van der Waals surface area contributed by atoms with E-state index in [-0.39, 0.29) is 32.1 Å². The SMILES string of the molecule is CC/C=C\C/C=C\C/C=C\C/C=C\C/C=C\C/C=C\CCCCCCC(=O)NCCOP(=O)(O)OCC(O)COC(=O)CCCCCCCCCCCCCCCCCCCCCC. The maximum atomic E-state index is 12.2. The highest BCUT2D eigenvalue weighted by Crippen LogP contribution is 2.42. The summed E-state index contributed by atoms with van der Waals surface area (Å²) in [6, 6.07) is 0. The fourth-order valence-electron chi connectivity index (χ4n) is 7.03. The van der Waals surface area contributed by atoms with Crippen molar-refractivity contribution in [3.63, 3.8) is 0 Å². The summed E-state index contributed by atoms with van der Waals surface area (Å²) in [7, 11) is -4.43. The van der Waals surface area contributed by atoms with Gasteiger partial charge in [-0.2, -0.15) is 0 Å². The first-order valence-electron chi connectivity index (χ1n) is 25.9. The summed E-state index contributed by atoms with van der Waals surface area (Å²) in [4.78, 5) is 34.1. The predicted molar refractivity (Wildman–Crippen MR) is 270 cm³/mol. The molecular formula is C54H96NO8P. The van der Waals surface area contributed by atoms with Crippen molar-refractivity contribution in [2.24, 2.45) is 0 Å². The lowest BCUT2D eigenvalue weighted by molar-refractivity contribution is -0.147. The molecule has 0 spiro atoms. The molecule has 3 N–H and O–H groups in total. The van der Waals surface area contributed by atoms with Crippen molar-refractivity contribution in [3.05, 3.63) is 72.9 Å². The van der Waals surface area contributed by atoms with Gasteiger partial charge in [0.15, 0.2) is 0 Å². The fourth-order valence-corrected chi connectivity index (χ4v) is 7.79. The summed E-state index contributed by atoms with van der Waals surface area (Å²) in [5, 5.41) is 12.7. The van der Waals surface area contributed by atoms with Gasteiger partial charge in [0.25, 0.3) is 0 Å². The number of ether oxygens (including phenoxy) is 1. The molecule has 0 aromatic heterocycles. The lowest BCUT2D eigenvalue weighted by atomic mass is 10.0. The number of allylic oxidation sites excluding steroid dienone is 12. The van der Waals surface area contributed by atoms with Gasteiger partial charge in [0.2, 0.25) is 5.91 Å². The van der Waals surface area contributed by atoms with Crippen LogP contribution in [0.4, 0.5) is 0 Å². The number of carbonyl (C=O) groups is 2. The molecule has 0 radical (unpaired) electrons. The van der Waals surface area contributed by atoms with Gasteiger partial charge in [-0.3, -0.25) is 18.6 Å². The molecule has 0 rings (SSSR count). The zero-order valence-electron chi connectivity index (χ0n) is 41.0. The highest BCUT2D eigenvalue weighted by molar-refractivity contribution is 7.47. The number of amides is 1. The molecule has 0 aromatic carbocycles. The summed E-state index contributed by atoms with van der Waals surface area (Å²) < 4.78 is 27.0. The van der Waals surface area contributed by atoms with Crippen LogP contribution in [0.2, 0.25) is 0 Å². The topological polar surface area (TPSA) is 131 Å². The second kappa shape index (κ2) is 49.9. The van der Waals surface area contributed by atoms with Crippen molar-refractivity contribution in [1.29, 1.82) is 0 Å². The van der Waals surface area contributed by atoms with Gasteiger partial charge >= 0.3 is 13.8 Å². The number of hydrogen-bond acceptors (Lipinski definition) is 7. The van der Waals surface area contributed by atoms with Gasteiger partial charge < -0.3 is 20.1 Å². The number of phosphoric ester groups is 1. The van der Waals surface area contributed by atoms with Gasteiger partial charge in [-0.05, 0) is 64.2 Å². The highest BCUT2D eigenvalue weighted by Gasteiger charge is 2.23. The van der Waals surface area contributed by atoms with Gasteiger partial charge in [0.1, 0.15) is 12.7 Å². The van der Waals surface area contributed by atoms with Crippen molar-refractivity contribution in [2.75, 3.05) is 26.4 Å². The standard InChI is InChI=1S/C54H96NO8P/c1-3-5-7-9-11-13-15-17-19-21-23-25-26-27-28-30-32-34-36-38-40-42-44-46-53(57)55-48-49-62-64(59,60)63-51-52(56)50-61-54(58)47-45-43-41-39-37-35-33-31-29-24-22-20-18-16-14-12-10-8-6-4-2/h5,7,11,13,17,19,23,25,27-28,32,34,52,56H,3-4,6,8-10,12,14-16,18,20-22,24,26,29-31,33,35-51H2,1-2H3,(H,55,57)(H,59,60)/b7-5-,13-11-,19-17-,25-23-,28-27-,34-32-. The molecule has 1 amide bonds. The van der Waals surface area contributed by atoms with Crippen LogP contribution in [0.15, 0.2) is 72.9 Å². The van der Waals surface area contributed by atoms with Crippen LogP contribution in [-0.2, 0) is 27.9 Å². The molecule has 64 heavy (non-hydrogen) atoms. The molecule has 0 saturated heterocycles. The Kier molecular flexibility index (Phi) is 47.9. The van der Waals surface area contributed by atoms with Crippen LogP contribution in [0.3, 0.4) is 0 Å². The Hall–Kier alpha value is -2.55. The first kappa shape index (κ1) is 61.5. The number of rotatable bonds is 48.